The molecule has 2 rings (SSSR count). The Hall–Kier alpha value is -1.06. The molecule has 0 radical (unpaired) electrons. The van der Waals surface area contributed by atoms with Crippen molar-refractivity contribution in [3.63, 3.8) is 0 Å². The van der Waals surface area contributed by atoms with Crippen molar-refractivity contribution in [2.45, 2.75) is 71.8 Å². The van der Waals surface area contributed by atoms with Crippen LogP contribution in [0.3, 0.4) is 0 Å². The molecule has 1 aliphatic heterocycles. The number of carbonyl (C=O) groups excluding carboxylic acids is 2. The lowest BCUT2D eigenvalue weighted by Crippen LogP contribution is -2.47. The minimum Gasteiger partial charge on any atom is -0.355 e. The van der Waals surface area contributed by atoms with Crippen LogP contribution in [0.4, 0.5) is 0 Å². The molecule has 0 spiro atoms. The molecule has 0 aromatic rings. The Morgan fingerprint density at radius 1 is 1.29 bits per heavy atom. The van der Waals surface area contributed by atoms with Crippen LogP contribution >= 0.6 is 0 Å². The predicted molar refractivity (Wildman–Crippen MR) is 83.7 cm³/mol. The molecule has 0 aromatic carbocycles. The van der Waals surface area contributed by atoms with Crippen molar-refractivity contribution in [3.8, 4) is 0 Å². The highest BCUT2D eigenvalue weighted by atomic mass is 16.2. The molecular formula is C17H30N2O2. The zero-order valence-corrected chi connectivity index (χ0v) is 13.7. The van der Waals surface area contributed by atoms with Crippen molar-refractivity contribution in [1.82, 2.24) is 10.6 Å². The minimum atomic E-state index is -0.157. The number of carbonyl (C=O) groups is 2. The fraction of sp³-hybridized carbons (Fsp3) is 0.882. The summed E-state index contributed by atoms with van der Waals surface area (Å²) in [6.45, 7) is 7.21. The van der Waals surface area contributed by atoms with Crippen molar-refractivity contribution in [2.24, 2.45) is 17.3 Å². The molecule has 0 aromatic heterocycles. The van der Waals surface area contributed by atoms with E-state index in [0.717, 1.165) is 13.0 Å². The van der Waals surface area contributed by atoms with E-state index < -0.39 is 0 Å². The fourth-order valence-corrected chi connectivity index (χ4v) is 3.81. The summed E-state index contributed by atoms with van der Waals surface area (Å²) in [6.07, 6.45) is 7.65. The van der Waals surface area contributed by atoms with Crippen molar-refractivity contribution in [1.29, 1.82) is 0 Å². The Kier molecular flexibility index (Phi) is 5.28. The summed E-state index contributed by atoms with van der Waals surface area (Å²) in [5.41, 5.74) is 0.151. The van der Waals surface area contributed by atoms with Crippen molar-refractivity contribution >= 4 is 11.8 Å². The third-order valence-electron chi connectivity index (χ3n) is 5.28. The monoisotopic (exact) mass is 294 g/mol. The summed E-state index contributed by atoms with van der Waals surface area (Å²) >= 11 is 0. The molecule has 4 heteroatoms. The smallest absolute Gasteiger partial charge is 0.223 e. The molecule has 0 bridgehead atoms. The maximum absolute atomic E-state index is 12.3. The second-order valence-corrected chi connectivity index (χ2v) is 7.65. The number of hydrogen-bond acceptors (Lipinski definition) is 2. The molecule has 2 atom stereocenters. The van der Waals surface area contributed by atoms with Crippen LogP contribution in [-0.4, -0.2) is 24.4 Å². The molecule has 120 valence electrons. The average molecular weight is 294 g/mol. The third-order valence-corrected chi connectivity index (χ3v) is 5.28. The number of amides is 2. The summed E-state index contributed by atoms with van der Waals surface area (Å²) in [5.74, 6) is 0.608. The highest BCUT2D eigenvalue weighted by Gasteiger charge is 2.33. The zero-order valence-electron chi connectivity index (χ0n) is 13.7. The summed E-state index contributed by atoms with van der Waals surface area (Å²) in [4.78, 5) is 23.9. The van der Waals surface area contributed by atoms with Crippen molar-refractivity contribution in [2.75, 3.05) is 6.54 Å². The second-order valence-electron chi connectivity index (χ2n) is 7.65. The van der Waals surface area contributed by atoms with E-state index in [2.05, 4.69) is 24.5 Å². The summed E-state index contributed by atoms with van der Waals surface area (Å²) in [5, 5.41) is 5.98. The second kappa shape index (κ2) is 6.80. The lowest BCUT2D eigenvalue weighted by Gasteiger charge is -2.37. The average Bonchev–Trinajstić information content (AvgIpc) is 2.45. The first-order valence-corrected chi connectivity index (χ1v) is 8.45. The quantitative estimate of drug-likeness (QED) is 0.837. The van der Waals surface area contributed by atoms with E-state index in [1.807, 2.05) is 6.92 Å². The van der Waals surface area contributed by atoms with Gasteiger partial charge in [0.05, 0.1) is 0 Å². The van der Waals surface area contributed by atoms with E-state index in [1.165, 1.54) is 32.1 Å². The van der Waals surface area contributed by atoms with Gasteiger partial charge in [-0.1, -0.05) is 33.1 Å². The minimum absolute atomic E-state index is 0.000408. The largest absolute Gasteiger partial charge is 0.355 e. The zero-order chi connectivity index (χ0) is 15.5. The summed E-state index contributed by atoms with van der Waals surface area (Å²) < 4.78 is 0. The molecule has 2 fully saturated rings. The van der Waals surface area contributed by atoms with Gasteiger partial charge >= 0.3 is 0 Å². The molecule has 4 nitrogen and oxygen atoms in total. The van der Waals surface area contributed by atoms with E-state index in [-0.39, 0.29) is 29.2 Å². The topological polar surface area (TPSA) is 58.2 Å². The van der Waals surface area contributed by atoms with Gasteiger partial charge in [-0.3, -0.25) is 9.59 Å². The number of nitrogens with one attached hydrogen (secondary N) is 2. The van der Waals surface area contributed by atoms with Crippen molar-refractivity contribution < 1.29 is 9.59 Å². The summed E-state index contributed by atoms with van der Waals surface area (Å²) in [7, 11) is 0. The normalized spacial score (nSPS) is 28.0. The van der Waals surface area contributed by atoms with Crippen LogP contribution in [0.2, 0.25) is 0 Å². The van der Waals surface area contributed by atoms with Gasteiger partial charge < -0.3 is 10.6 Å². The predicted octanol–water partition coefficient (Wildman–Crippen LogP) is 2.62. The van der Waals surface area contributed by atoms with Crippen LogP contribution in [0, 0.1) is 17.3 Å². The van der Waals surface area contributed by atoms with E-state index in [0.29, 0.717) is 12.3 Å². The highest BCUT2D eigenvalue weighted by Crippen LogP contribution is 2.37. The molecule has 1 saturated heterocycles. The molecule has 2 unspecified atom stereocenters. The molecule has 1 aliphatic carbocycles. The first-order chi connectivity index (χ1) is 9.88. The molecule has 21 heavy (non-hydrogen) atoms. The van der Waals surface area contributed by atoms with Crippen LogP contribution in [-0.2, 0) is 9.59 Å². The SMILES string of the molecule is CC1CC(C(=O)NCC(C)(C)C2CCCCC2)CC(=O)N1. The van der Waals surface area contributed by atoms with Gasteiger partial charge in [-0.25, -0.2) is 0 Å². The first-order valence-electron chi connectivity index (χ1n) is 8.45. The molecule has 1 saturated carbocycles. The maximum atomic E-state index is 12.3. The standard InChI is InChI=1S/C17H30N2O2/c1-12-9-13(10-15(20)19-12)16(21)18-11-17(2,3)14-7-5-4-6-8-14/h12-14H,4-11H2,1-3H3,(H,18,21)(H,19,20). The molecule has 1 heterocycles. The first kappa shape index (κ1) is 16.3. The molecule has 2 aliphatic rings. The van der Waals surface area contributed by atoms with Gasteiger partial charge in [0, 0.05) is 24.9 Å². The van der Waals surface area contributed by atoms with Crippen molar-refractivity contribution in [3.05, 3.63) is 0 Å². The van der Waals surface area contributed by atoms with Gasteiger partial charge in [-0.2, -0.15) is 0 Å². The van der Waals surface area contributed by atoms with Gasteiger partial charge in [0.25, 0.3) is 0 Å². The Labute approximate surface area is 128 Å². The van der Waals surface area contributed by atoms with Crippen LogP contribution in [0.15, 0.2) is 0 Å². The third kappa shape index (κ3) is 4.45. The van der Waals surface area contributed by atoms with Crippen LogP contribution in [0.1, 0.15) is 65.7 Å². The Bertz CT molecular complexity index is 386. The highest BCUT2D eigenvalue weighted by molar-refractivity contribution is 5.87. The van der Waals surface area contributed by atoms with E-state index >= 15 is 0 Å². The number of hydrogen-bond donors (Lipinski definition) is 2. The van der Waals surface area contributed by atoms with Gasteiger partial charge in [-0.15, -0.1) is 0 Å². The summed E-state index contributed by atoms with van der Waals surface area (Å²) in [6, 6.07) is 0.105. The number of piperidine rings is 1. The van der Waals surface area contributed by atoms with E-state index in [1.54, 1.807) is 0 Å². The van der Waals surface area contributed by atoms with Crippen LogP contribution < -0.4 is 10.6 Å². The van der Waals surface area contributed by atoms with Gasteiger partial charge in [0.1, 0.15) is 0 Å². The lowest BCUT2D eigenvalue weighted by atomic mass is 9.71. The van der Waals surface area contributed by atoms with Gasteiger partial charge in [-0.05, 0) is 37.5 Å². The van der Waals surface area contributed by atoms with E-state index in [9.17, 15) is 9.59 Å². The van der Waals surface area contributed by atoms with Crippen LogP contribution in [0.25, 0.3) is 0 Å². The Balaban J connectivity index is 1.83. The maximum Gasteiger partial charge on any atom is 0.223 e. The Morgan fingerprint density at radius 2 is 1.95 bits per heavy atom. The van der Waals surface area contributed by atoms with Crippen LogP contribution in [0.5, 0.6) is 0 Å². The fourth-order valence-electron chi connectivity index (χ4n) is 3.81. The molecule has 2 N–H and O–H groups in total. The Morgan fingerprint density at radius 3 is 2.57 bits per heavy atom. The number of rotatable bonds is 4. The molecular weight excluding hydrogens is 264 g/mol. The van der Waals surface area contributed by atoms with E-state index in [4.69, 9.17) is 0 Å². The lowest BCUT2D eigenvalue weighted by molar-refractivity contribution is -0.133. The molecule has 2 amide bonds. The van der Waals surface area contributed by atoms with Gasteiger partial charge in [0.15, 0.2) is 0 Å². The van der Waals surface area contributed by atoms with Gasteiger partial charge in [0.2, 0.25) is 11.8 Å².